The number of aliphatic carboxylic acids is 1. The number of hydrogen-bond acceptors (Lipinski definition) is 2. The minimum absolute atomic E-state index is 0.104. The van der Waals surface area contributed by atoms with Crippen LogP contribution in [0.1, 0.15) is 22.3 Å². The molecule has 0 saturated carbocycles. The monoisotopic (exact) mass is 413 g/mol. The minimum Gasteiger partial charge on any atom is -0.480 e. The first-order valence-corrected chi connectivity index (χ1v) is 9.54. The second-order valence-electron chi connectivity index (χ2n) is 7.13. The van der Waals surface area contributed by atoms with E-state index < -0.39 is 23.8 Å². The number of carboxylic acid groups (broad SMARTS) is 1. The Morgan fingerprint density at radius 2 is 1.23 bits per heavy atom. The van der Waals surface area contributed by atoms with E-state index in [1.54, 1.807) is 0 Å². The molecule has 0 spiro atoms. The number of carboxylic acids is 1. The van der Waals surface area contributed by atoms with Gasteiger partial charge < -0.3 is 5.11 Å². The largest absolute Gasteiger partial charge is 0.480 e. The summed E-state index contributed by atoms with van der Waals surface area (Å²) in [4.78, 5) is 14.0. The van der Waals surface area contributed by atoms with Crippen molar-refractivity contribution in [3.05, 3.63) is 107 Å². The van der Waals surface area contributed by atoms with Crippen molar-refractivity contribution in [3.63, 3.8) is 0 Å². The van der Waals surface area contributed by atoms with Crippen LogP contribution in [0.25, 0.3) is 0 Å². The third kappa shape index (κ3) is 5.94. The summed E-state index contributed by atoms with van der Waals surface area (Å²) >= 11 is 0. The zero-order valence-corrected chi connectivity index (χ0v) is 16.2. The molecule has 3 aromatic carbocycles. The number of benzene rings is 3. The molecule has 0 aliphatic carbocycles. The highest BCUT2D eigenvalue weighted by atomic mass is 19.4. The van der Waals surface area contributed by atoms with Crippen molar-refractivity contribution in [2.75, 3.05) is 0 Å². The molecule has 0 bridgehead atoms. The van der Waals surface area contributed by atoms with Crippen LogP contribution in [-0.4, -0.2) is 22.0 Å². The minimum atomic E-state index is -4.42. The van der Waals surface area contributed by atoms with E-state index in [1.807, 2.05) is 65.6 Å². The highest BCUT2D eigenvalue weighted by Crippen LogP contribution is 2.29. The summed E-state index contributed by atoms with van der Waals surface area (Å²) in [7, 11) is 0. The first-order chi connectivity index (χ1) is 14.3. The van der Waals surface area contributed by atoms with Crippen molar-refractivity contribution in [3.8, 4) is 0 Å². The van der Waals surface area contributed by atoms with E-state index in [0.29, 0.717) is 18.7 Å². The molecule has 30 heavy (non-hydrogen) atoms. The molecule has 0 amide bonds. The fourth-order valence-electron chi connectivity index (χ4n) is 3.34. The Morgan fingerprint density at radius 1 is 0.767 bits per heavy atom. The van der Waals surface area contributed by atoms with Gasteiger partial charge in [0.05, 0.1) is 5.56 Å². The summed E-state index contributed by atoms with van der Waals surface area (Å²) in [5.74, 6) is -1.01. The normalized spacial score (nSPS) is 12.7. The van der Waals surface area contributed by atoms with Crippen LogP contribution in [0.5, 0.6) is 0 Å². The van der Waals surface area contributed by atoms with Gasteiger partial charge in [-0.05, 0) is 35.2 Å². The van der Waals surface area contributed by atoms with Crippen LogP contribution in [0.3, 0.4) is 0 Å². The molecule has 0 aliphatic rings. The SMILES string of the molecule is O=C(O)C(Cc1ccc(C(F)(F)F)cc1)N(Cc1ccccc1)Cc1ccccc1. The fourth-order valence-corrected chi connectivity index (χ4v) is 3.34. The van der Waals surface area contributed by atoms with Crippen molar-refractivity contribution < 1.29 is 23.1 Å². The lowest BCUT2D eigenvalue weighted by atomic mass is 10.0. The molecule has 3 rings (SSSR count). The van der Waals surface area contributed by atoms with E-state index in [0.717, 1.165) is 23.3 Å². The van der Waals surface area contributed by atoms with Crippen LogP contribution >= 0.6 is 0 Å². The molecule has 3 nitrogen and oxygen atoms in total. The number of hydrogen-bond donors (Lipinski definition) is 1. The molecule has 1 atom stereocenters. The lowest BCUT2D eigenvalue weighted by molar-refractivity contribution is -0.144. The number of carbonyl (C=O) groups is 1. The van der Waals surface area contributed by atoms with Gasteiger partial charge in [-0.1, -0.05) is 72.8 Å². The average molecular weight is 413 g/mol. The Hall–Kier alpha value is -3.12. The van der Waals surface area contributed by atoms with E-state index >= 15 is 0 Å². The molecular weight excluding hydrogens is 391 g/mol. The molecule has 0 aliphatic heterocycles. The topological polar surface area (TPSA) is 40.5 Å². The molecule has 3 aromatic rings. The number of nitrogens with zero attached hydrogens (tertiary/aromatic N) is 1. The maximum absolute atomic E-state index is 12.8. The summed E-state index contributed by atoms with van der Waals surface area (Å²) in [5.41, 5.74) is 1.73. The molecule has 0 saturated heterocycles. The molecule has 6 heteroatoms. The van der Waals surface area contributed by atoms with E-state index in [9.17, 15) is 23.1 Å². The highest BCUT2D eigenvalue weighted by Gasteiger charge is 2.31. The van der Waals surface area contributed by atoms with Crippen molar-refractivity contribution in [2.24, 2.45) is 0 Å². The van der Waals surface area contributed by atoms with Crippen molar-refractivity contribution in [1.82, 2.24) is 4.90 Å². The highest BCUT2D eigenvalue weighted by molar-refractivity contribution is 5.74. The average Bonchev–Trinajstić information content (AvgIpc) is 2.72. The molecule has 156 valence electrons. The van der Waals surface area contributed by atoms with E-state index in [2.05, 4.69) is 0 Å². The third-order valence-electron chi connectivity index (χ3n) is 4.89. The van der Waals surface area contributed by atoms with Gasteiger partial charge in [0.15, 0.2) is 0 Å². The van der Waals surface area contributed by atoms with Crippen LogP contribution in [0.15, 0.2) is 84.9 Å². The summed E-state index contributed by atoms with van der Waals surface area (Å²) < 4.78 is 38.5. The first kappa shape index (κ1) is 21.6. The van der Waals surface area contributed by atoms with Crippen molar-refractivity contribution >= 4 is 5.97 Å². The van der Waals surface area contributed by atoms with Gasteiger partial charge in [-0.25, -0.2) is 0 Å². The van der Waals surface area contributed by atoms with Crippen LogP contribution in [0.2, 0.25) is 0 Å². The van der Waals surface area contributed by atoms with Gasteiger partial charge >= 0.3 is 12.1 Å². The van der Waals surface area contributed by atoms with Crippen LogP contribution in [0, 0.1) is 0 Å². The lowest BCUT2D eigenvalue weighted by Crippen LogP contribution is -2.42. The number of alkyl halides is 3. The Kier molecular flexibility index (Phi) is 6.90. The van der Waals surface area contributed by atoms with Gasteiger partial charge in [-0.3, -0.25) is 9.69 Å². The summed E-state index contributed by atoms with van der Waals surface area (Å²) in [6.45, 7) is 0.820. The predicted octanol–water partition coefficient (Wildman–Crippen LogP) is 5.40. The van der Waals surface area contributed by atoms with E-state index in [-0.39, 0.29) is 6.42 Å². The zero-order valence-electron chi connectivity index (χ0n) is 16.2. The maximum Gasteiger partial charge on any atom is 0.416 e. The quantitative estimate of drug-likeness (QED) is 0.537. The molecule has 0 fully saturated rings. The summed E-state index contributed by atoms with van der Waals surface area (Å²) in [5, 5.41) is 9.92. The zero-order chi connectivity index (χ0) is 21.6. The third-order valence-corrected chi connectivity index (χ3v) is 4.89. The Bertz CT molecular complexity index is 900. The Morgan fingerprint density at radius 3 is 1.63 bits per heavy atom. The molecule has 0 radical (unpaired) electrons. The second kappa shape index (κ2) is 9.59. The summed E-state index contributed by atoms with van der Waals surface area (Å²) in [6.07, 6.45) is -4.31. The molecule has 0 heterocycles. The fraction of sp³-hybridized carbons (Fsp3) is 0.208. The van der Waals surface area contributed by atoms with Gasteiger partial charge in [-0.2, -0.15) is 13.2 Å². The first-order valence-electron chi connectivity index (χ1n) is 9.54. The van der Waals surface area contributed by atoms with Gasteiger partial charge in [-0.15, -0.1) is 0 Å². The van der Waals surface area contributed by atoms with Crippen molar-refractivity contribution in [1.29, 1.82) is 0 Å². The lowest BCUT2D eigenvalue weighted by Gasteiger charge is -2.29. The van der Waals surface area contributed by atoms with Crippen molar-refractivity contribution in [2.45, 2.75) is 31.7 Å². The van der Waals surface area contributed by atoms with Gasteiger partial charge in [0.1, 0.15) is 6.04 Å². The Labute approximate surface area is 173 Å². The van der Waals surface area contributed by atoms with Crippen LogP contribution < -0.4 is 0 Å². The molecular formula is C24H22F3NO2. The molecule has 0 aromatic heterocycles. The number of halogens is 3. The van der Waals surface area contributed by atoms with Gasteiger partial charge in [0.2, 0.25) is 0 Å². The maximum atomic E-state index is 12.8. The smallest absolute Gasteiger partial charge is 0.416 e. The van der Waals surface area contributed by atoms with Crippen LogP contribution in [-0.2, 0) is 30.5 Å². The van der Waals surface area contributed by atoms with Gasteiger partial charge in [0.25, 0.3) is 0 Å². The van der Waals surface area contributed by atoms with E-state index in [4.69, 9.17) is 0 Å². The number of rotatable bonds is 8. The second-order valence-corrected chi connectivity index (χ2v) is 7.13. The van der Waals surface area contributed by atoms with Gasteiger partial charge in [0, 0.05) is 13.1 Å². The van der Waals surface area contributed by atoms with E-state index in [1.165, 1.54) is 12.1 Å². The molecule has 1 unspecified atom stereocenters. The molecule has 1 N–H and O–H groups in total. The standard InChI is InChI=1S/C24H22F3NO2/c25-24(26,27)21-13-11-18(12-14-21)15-22(23(29)30)28(16-19-7-3-1-4-8-19)17-20-9-5-2-6-10-20/h1-14,22H,15-17H2,(H,29,30). The predicted molar refractivity (Wildman–Crippen MR) is 109 cm³/mol. The summed E-state index contributed by atoms with van der Waals surface area (Å²) in [6, 6.07) is 22.8. The Balaban J connectivity index is 1.85. The van der Waals surface area contributed by atoms with Crippen LogP contribution in [0.4, 0.5) is 13.2 Å².